The van der Waals surface area contributed by atoms with Gasteiger partial charge in [0.25, 0.3) is 0 Å². The van der Waals surface area contributed by atoms with E-state index in [1.54, 1.807) is 24.3 Å². The Bertz CT molecular complexity index is 680. The van der Waals surface area contributed by atoms with Crippen LogP contribution in [0.25, 0.3) is 0 Å². The summed E-state index contributed by atoms with van der Waals surface area (Å²) >= 11 is 2.13. The quantitative estimate of drug-likeness (QED) is 0.571. The molecule has 22 heavy (non-hydrogen) atoms. The van der Waals surface area contributed by atoms with Gasteiger partial charge in [-0.1, -0.05) is 6.42 Å². The van der Waals surface area contributed by atoms with E-state index in [9.17, 15) is 13.2 Å². The number of carbonyl (C=O) groups excluding carboxylic acids is 1. The summed E-state index contributed by atoms with van der Waals surface area (Å²) < 4.78 is 26.0. The molecule has 1 aromatic carbocycles. The number of halogens is 1. The summed E-state index contributed by atoms with van der Waals surface area (Å²) in [5.41, 5.74) is 0. The lowest BCUT2D eigenvalue weighted by molar-refractivity contribution is -0.125. The summed E-state index contributed by atoms with van der Waals surface area (Å²) in [5.74, 6) is -0.713. The highest BCUT2D eigenvalue weighted by Gasteiger charge is 2.36. The first-order chi connectivity index (χ1) is 10.4. The first kappa shape index (κ1) is 17.2. The smallest absolute Gasteiger partial charge is 0.224 e. The van der Waals surface area contributed by atoms with E-state index in [1.165, 1.54) is 0 Å². The number of hydrogen-bond donors (Lipinski definition) is 1. The second kappa shape index (κ2) is 7.42. The van der Waals surface area contributed by atoms with Gasteiger partial charge in [0.2, 0.25) is 5.91 Å². The van der Waals surface area contributed by atoms with Gasteiger partial charge >= 0.3 is 0 Å². The Labute approximate surface area is 144 Å². The highest BCUT2D eigenvalue weighted by atomic mass is 127. The number of carbonyl (C=O) groups is 1. The van der Waals surface area contributed by atoms with Crippen LogP contribution in [0.3, 0.4) is 0 Å². The molecular formula is C15H17IN2O3S. The molecule has 1 N–H and O–H groups in total. The molecule has 2 unspecified atom stereocenters. The summed E-state index contributed by atoms with van der Waals surface area (Å²) in [7, 11) is -3.40. The van der Waals surface area contributed by atoms with Crippen LogP contribution in [0.4, 0.5) is 0 Å². The Morgan fingerprint density at radius 2 is 2.00 bits per heavy atom. The molecule has 1 aliphatic carbocycles. The fourth-order valence-corrected chi connectivity index (χ4v) is 4.92. The lowest BCUT2D eigenvalue weighted by atomic mass is 9.97. The minimum atomic E-state index is -3.40. The number of nitrogens with one attached hydrogen (secondary N) is 1. The van der Waals surface area contributed by atoms with E-state index in [0.29, 0.717) is 11.3 Å². The van der Waals surface area contributed by atoms with Gasteiger partial charge in [-0.05, 0) is 65.6 Å². The zero-order valence-corrected chi connectivity index (χ0v) is 14.9. The minimum absolute atomic E-state index is 0.0156. The van der Waals surface area contributed by atoms with Gasteiger partial charge in [-0.3, -0.25) is 4.79 Å². The van der Waals surface area contributed by atoms with Crippen LogP contribution >= 0.6 is 22.6 Å². The van der Waals surface area contributed by atoms with Gasteiger partial charge in [0.1, 0.15) is 6.54 Å². The number of benzene rings is 1. The van der Waals surface area contributed by atoms with Gasteiger partial charge in [0, 0.05) is 9.49 Å². The fourth-order valence-electron chi connectivity index (χ4n) is 2.86. The van der Waals surface area contributed by atoms with Gasteiger partial charge in [0.15, 0.2) is 9.84 Å². The first-order valence-electron chi connectivity index (χ1n) is 7.07. The molecule has 0 saturated heterocycles. The van der Waals surface area contributed by atoms with Gasteiger partial charge in [-0.2, -0.15) is 5.26 Å². The third-order valence-corrected chi connectivity index (χ3v) is 6.52. The Balaban J connectivity index is 2.09. The molecule has 118 valence electrons. The molecule has 0 heterocycles. The van der Waals surface area contributed by atoms with Crippen LogP contribution in [0.15, 0.2) is 29.2 Å². The molecule has 5 nitrogen and oxygen atoms in total. The molecule has 0 aliphatic heterocycles. The molecule has 7 heteroatoms. The van der Waals surface area contributed by atoms with Crippen molar-refractivity contribution < 1.29 is 13.2 Å². The largest absolute Gasteiger partial charge is 0.343 e. The maximum absolute atomic E-state index is 12.5. The Morgan fingerprint density at radius 1 is 1.32 bits per heavy atom. The van der Waals surface area contributed by atoms with Crippen molar-refractivity contribution in [3.05, 3.63) is 27.8 Å². The van der Waals surface area contributed by atoms with Crippen molar-refractivity contribution in [1.82, 2.24) is 5.32 Å². The maximum Gasteiger partial charge on any atom is 0.224 e. The zero-order chi connectivity index (χ0) is 16.2. The van der Waals surface area contributed by atoms with Crippen LogP contribution in [0.1, 0.15) is 19.3 Å². The molecule has 1 fully saturated rings. The lowest BCUT2D eigenvalue weighted by Crippen LogP contribution is -2.35. The molecule has 0 radical (unpaired) electrons. The van der Waals surface area contributed by atoms with Gasteiger partial charge in [0.05, 0.1) is 16.7 Å². The molecule has 1 aromatic rings. The van der Waals surface area contributed by atoms with E-state index in [-0.39, 0.29) is 30.0 Å². The predicted molar refractivity (Wildman–Crippen MR) is 90.7 cm³/mol. The molecule has 0 aromatic heterocycles. The van der Waals surface area contributed by atoms with Crippen LogP contribution in [-0.2, 0) is 14.6 Å². The van der Waals surface area contributed by atoms with Crippen molar-refractivity contribution in [1.29, 1.82) is 5.26 Å². The first-order valence-corrected chi connectivity index (χ1v) is 9.80. The summed E-state index contributed by atoms with van der Waals surface area (Å²) in [4.78, 5) is 12.3. The number of nitrogens with zero attached hydrogens (tertiary/aromatic N) is 1. The summed E-state index contributed by atoms with van der Waals surface area (Å²) in [5, 5.41) is 11.1. The van der Waals surface area contributed by atoms with Crippen molar-refractivity contribution >= 4 is 38.3 Å². The average Bonchev–Trinajstić information content (AvgIpc) is 2.92. The van der Waals surface area contributed by atoms with Crippen molar-refractivity contribution in [3.63, 3.8) is 0 Å². The fraction of sp³-hybridized carbons (Fsp3) is 0.467. The second-order valence-corrected chi connectivity index (χ2v) is 8.69. The number of hydrogen-bond acceptors (Lipinski definition) is 4. The number of rotatable bonds is 5. The SMILES string of the molecule is N#CCNC(=O)C1CCCC1CS(=O)(=O)c1ccc(I)cc1. The van der Waals surface area contributed by atoms with Crippen LogP contribution in [0, 0.1) is 26.7 Å². The van der Waals surface area contributed by atoms with Crippen LogP contribution in [0.5, 0.6) is 0 Å². The van der Waals surface area contributed by atoms with Crippen LogP contribution < -0.4 is 5.32 Å². The van der Waals surface area contributed by atoms with Crippen LogP contribution in [-0.4, -0.2) is 26.6 Å². The zero-order valence-electron chi connectivity index (χ0n) is 12.0. The molecule has 1 amide bonds. The molecule has 1 aliphatic rings. The number of amides is 1. The van der Waals surface area contributed by atoms with Crippen LogP contribution in [0.2, 0.25) is 0 Å². The Kier molecular flexibility index (Phi) is 5.81. The second-order valence-electron chi connectivity index (χ2n) is 5.41. The predicted octanol–water partition coefficient (Wildman–Crippen LogP) is 2.12. The van der Waals surface area contributed by atoms with Crippen molar-refractivity contribution in [3.8, 4) is 6.07 Å². The summed E-state index contributed by atoms with van der Waals surface area (Å²) in [6.07, 6.45) is 2.26. The van der Waals surface area contributed by atoms with E-state index in [2.05, 4.69) is 27.9 Å². The average molecular weight is 432 g/mol. The highest BCUT2D eigenvalue weighted by molar-refractivity contribution is 14.1. The van der Waals surface area contributed by atoms with E-state index in [4.69, 9.17) is 5.26 Å². The normalized spacial score (nSPS) is 21.3. The number of nitriles is 1. The van der Waals surface area contributed by atoms with Crippen molar-refractivity contribution in [2.45, 2.75) is 24.2 Å². The number of sulfone groups is 1. The highest BCUT2D eigenvalue weighted by Crippen LogP contribution is 2.34. The van der Waals surface area contributed by atoms with E-state index < -0.39 is 9.84 Å². The van der Waals surface area contributed by atoms with Crippen molar-refractivity contribution in [2.24, 2.45) is 11.8 Å². The molecule has 2 rings (SSSR count). The van der Waals surface area contributed by atoms with E-state index in [1.807, 2.05) is 6.07 Å². The molecule has 1 saturated carbocycles. The van der Waals surface area contributed by atoms with Gasteiger partial charge in [-0.25, -0.2) is 8.42 Å². The topological polar surface area (TPSA) is 87.0 Å². The molecular weight excluding hydrogens is 415 g/mol. The monoisotopic (exact) mass is 432 g/mol. The summed E-state index contributed by atoms with van der Waals surface area (Å²) in [6, 6.07) is 8.61. The van der Waals surface area contributed by atoms with Gasteiger partial charge < -0.3 is 5.32 Å². The Hall–Kier alpha value is -1.14. The van der Waals surface area contributed by atoms with E-state index in [0.717, 1.165) is 16.4 Å². The van der Waals surface area contributed by atoms with Crippen molar-refractivity contribution in [2.75, 3.05) is 12.3 Å². The summed E-state index contributed by atoms with van der Waals surface area (Å²) in [6.45, 7) is -0.0358. The molecule has 0 bridgehead atoms. The maximum atomic E-state index is 12.5. The Morgan fingerprint density at radius 3 is 2.64 bits per heavy atom. The lowest BCUT2D eigenvalue weighted by Gasteiger charge is -2.18. The third kappa shape index (κ3) is 4.20. The standard InChI is InChI=1S/C15H17IN2O3S/c16-12-4-6-13(7-5-12)22(20,21)10-11-2-1-3-14(11)15(19)18-9-8-17/h4-7,11,14H,1-3,9-10H2,(H,18,19). The van der Waals surface area contributed by atoms with Gasteiger partial charge in [-0.15, -0.1) is 0 Å². The molecule has 2 atom stereocenters. The third-order valence-electron chi connectivity index (χ3n) is 3.94. The van der Waals surface area contributed by atoms with E-state index >= 15 is 0 Å². The minimum Gasteiger partial charge on any atom is -0.343 e. The molecule has 0 spiro atoms.